The van der Waals surface area contributed by atoms with E-state index in [-0.39, 0.29) is 23.3 Å². The number of anilines is 1. The molecule has 1 aromatic carbocycles. The van der Waals surface area contributed by atoms with E-state index in [0.717, 1.165) is 20.6 Å². The lowest BCUT2D eigenvalue weighted by atomic mass is 10.0. The molecule has 1 atom stereocenters. The fourth-order valence-electron chi connectivity index (χ4n) is 3.37. The smallest absolute Gasteiger partial charge is 0.259 e. The van der Waals surface area contributed by atoms with Crippen LogP contribution in [0.15, 0.2) is 38.9 Å². The Hall–Kier alpha value is -1.99. The Kier molecular flexibility index (Phi) is 4.44. The Labute approximate surface area is 163 Å². The van der Waals surface area contributed by atoms with Gasteiger partial charge in [0.25, 0.3) is 5.56 Å². The van der Waals surface area contributed by atoms with Crippen LogP contribution >= 0.6 is 27.3 Å². The maximum absolute atomic E-state index is 12.6. The molecule has 3 heterocycles. The van der Waals surface area contributed by atoms with Crippen LogP contribution in [0.25, 0.3) is 10.2 Å². The molecule has 1 amide bonds. The highest BCUT2D eigenvalue weighted by atomic mass is 79.9. The van der Waals surface area contributed by atoms with E-state index in [9.17, 15) is 9.59 Å². The van der Waals surface area contributed by atoms with E-state index >= 15 is 0 Å². The number of hydrogen-bond acceptors (Lipinski definition) is 4. The third kappa shape index (κ3) is 2.99. The lowest BCUT2D eigenvalue weighted by molar-refractivity contribution is -0.117. The number of carbonyl (C=O) groups excluding carboxylic acids is 1. The summed E-state index contributed by atoms with van der Waals surface area (Å²) in [7, 11) is 0. The van der Waals surface area contributed by atoms with Gasteiger partial charge in [0.2, 0.25) is 5.91 Å². The lowest BCUT2D eigenvalue weighted by Crippen LogP contribution is -2.24. The highest BCUT2D eigenvalue weighted by molar-refractivity contribution is 9.10. The molecule has 1 aliphatic heterocycles. The molecule has 134 valence electrons. The molecule has 1 fully saturated rings. The molecular formula is C19H18BrN3O2S. The summed E-state index contributed by atoms with van der Waals surface area (Å²) in [4.78, 5) is 35.2. The average molecular weight is 432 g/mol. The number of rotatable bonds is 3. The first-order valence-electron chi connectivity index (χ1n) is 8.51. The second-order valence-electron chi connectivity index (χ2n) is 6.86. The van der Waals surface area contributed by atoms with Crippen molar-refractivity contribution in [3.05, 3.63) is 55.9 Å². The molecule has 0 spiro atoms. The number of H-pyrrole nitrogens is 1. The minimum absolute atomic E-state index is 0.0501. The van der Waals surface area contributed by atoms with E-state index in [0.29, 0.717) is 24.2 Å². The summed E-state index contributed by atoms with van der Waals surface area (Å²) >= 11 is 4.90. The lowest BCUT2D eigenvalue weighted by Gasteiger charge is -2.16. The van der Waals surface area contributed by atoms with Crippen molar-refractivity contribution in [2.24, 2.45) is 0 Å². The van der Waals surface area contributed by atoms with Gasteiger partial charge in [-0.1, -0.05) is 29.8 Å². The number of aromatic nitrogens is 2. The first-order chi connectivity index (χ1) is 12.4. The van der Waals surface area contributed by atoms with E-state index in [1.807, 2.05) is 29.6 Å². The zero-order valence-corrected chi connectivity index (χ0v) is 16.9. The van der Waals surface area contributed by atoms with Crippen molar-refractivity contribution in [1.29, 1.82) is 0 Å². The minimum Gasteiger partial charge on any atom is -0.312 e. The Morgan fingerprint density at radius 3 is 2.69 bits per heavy atom. The molecule has 1 aliphatic rings. The first kappa shape index (κ1) is 17.4. The van der Waals surface area contributed by atoms with Crippen molar-refractivity contribution < 1.29 is 4.79 Å². The maximum Gasteiger partial charge on any atom is 0.259 e. The van der Waals surface area contributed by atoms with E-state index in [2.05, 4.69) is 39.7 Å². The normalized spacial score (nSPS) is 17.6. The zero-order valence-electron chi connectivity index (χ0n) is 14.5. The molecule has 0 radical (unpaired) electrons. The predicted octanol–water partition coefficient (Wildman–Crippen LogP) is 4.39. The highest BCUT2D eigenvalue weighted by Crippen LogP contribution is 2.33. The highest BCUT2D eigenvalue weighted by Gasteiger charge is 2.33. The molecular weight excluding hydrogens is 414 g/mol. The fraction of sp³-hybridized carbons (Fsp3) is 0.316. The number of hydrogen-bond donors (Lipinski definition) is 1. The monoisotopic (exact) mass is 431 g/mol. The van der Waals surface area contributed by atoms with E-state index in [1.165, 1.54) is 11.3 Å². The number of amides is 1. The second-order valence-corrected chi connectivity index (χ2v) is 8.63. The molecule has 0 unspecified atom stereocenters. The molecule has 0 saturated carbocycles. The Balaban J connectivity index is 1.67. The van der Waals surface area contributed by atoms with Gasteiger partial charge >= 0.3 is 0 Å². The van der Waals surface area contributed by atoms with Crippen LogP contribution < -0.4 is 10.5 Å². The Morgan fingerprint density at radius 1 is 1.27 bits per heavy atom. The Bertz CT molecular complexity index is 1040. The third-order valence-electron chi connectivity index (χ3n) is 4.76. The summed E-state index contributed by atoms with van der Waals surface area (Å²) in [5, 5.41) is 2.69. The molecule has 1 N–H and O–H groups in total. The molecule has 4 rings (SSSR count). The van der Waals surface area contributed by atoms with Crippen molar-refractivity contribution in [1.82, 2.24) is 9.97 Å². The molecule has 1 saturated heterocycles. The fourth-order valence-corrected chi connectivity index (χ4v) is 4.74. The van der Waals surface area contributed by atoms with Gasteiger partial charge in [-0.15, -0.1) is 11.3 Å². The van der Waals surface area contributed by atoms with Gasteiger partial charge in [-0.25, -0.2) is 4.98 Å². The van der Waals surface area contributed by atoms with Crippen LogP contribution in [0.3, 0.4) is 0 Å². The van der Waals surface area contributed by atoms with E-state index in [4.69, 9.17) is 0 Å². The first-order valence-corrected chi connectivity index (χ1v) is 10.2. The van der Waals surface area contributed by atoms with Gasteiger partial charge < -0.3 is 9.88 Å². The molecule has 7 heteroatoms. The van der Waals surface area contributed by atoms with Crippen molar-refractivity contribution in [2.45, 2.75) is 32.1 Å². The molecule has 0 bridgehead atoms. The standard InChI is InChI=1S/C19H18BrN3O2S/c1-10(2)14-9-26-19-16(14)18(25)21-17(22-19)11-7-15(24)23(8-11)13-5-3-12(20)4-6-13/h3-6,9-11H,7-8H2,1-2H3,(H,21,22,25)/t11-/m1/s1. The SMILES string of the molecule is CC(C)c1csc2nc([C@@H]3CC(=O)N(c4ccc(Br)cc4)C3)[nH]c(=O)c12. The van der Waals surface area contributed by atoms with Crippen LogP contribution in [0.2, 0.25) is 0 Å². The summed E-state index contributed by atoms with van der Waals surface area (Å²) in [5.74, 6) is 0.827. The van der Waals surface area contributed by atoms with Crippen molar-refractivity contribution in [3.8, 4) is 0 Å². The number of halogens is 1. The zero-order chi connectivity index (χ0) is 18.4. The molecule has 0 aliphatic carbocycles. The summed E-state index contributed by atoms with van der Waals surface area (Å²) < 4.78 is 0.972. The predicted molar refractivity (Wildman–Crippen MR) is 108 cm³/mol. The summed E-state index contributed by atoms with van der Waals surface area (Å²) in [6.07, 6.45) is 0.354. The largest absolute Gasteiger partial charge is 0.312 e. The van der Waals surface area contributed by atoms with Crippen LogP contribution in [0, 0.1) is 0 Å². The second kappa shape index (κ2) is 6.63. The van der Waals surface area contributed by atoms with Crippen LogP contribution in [-0.4, -0.2) is 22.4 Å². The minimum atomic E-state index is -0.107. The van der Waals surface area contributed by atoms with Gasteiger partial charge in [0.05, 0.1) is 5.39 Å². The molecule has 2 aromatic heterocycles. The molecule has 3 aromatic rings. The van der Waals surface area contributed by atoms with Crippen LogP contribution in [0.1, 0.15) is 43.5 Å². The topological polar surface area (TPSA) is 66.1 Å². The number of nitrogens with one attached hydrogen (secondary N) is 1. The van der Waals surface area contributed by atoms with Gasteiger partial charge in [-0.3, -0.25) is 9.59 Å². The number of fused-ring (bicyclic) bond motifs is 1. The van der Waals surface area contributed by atoms with Crippen LogP contribution in [0.4, 0.5) is 5.69 Å². The van der Waals surface area contributed by atoms with Gasteiger partial charge in [0.15, 0.2) is 0 Å². The van der Waals surface area contributed by atoms with Gasteiger partial charge in [0, 0.05) is 29.0 Å². The summed E-state index contributed by atoms with van der Waals surface area (Å²) in [6, 6.07) is 7.66. The quantitative estimate of drug-likeness (QED) is 0.668. The number of aromatic amines is 1. The van der Waals surface area contributed by atoms with E-state index < -0.39 is 0 Å². The summed E-state index contributed by atoms with van der Waals surface area (Å²) in [6.45, 7) is 4.67. The third-order valence-corrected chi connectivity index (χ3v) is 6.18. The van der Waals surface area contributed by atoms with E-state index in [1.54, 1.807) is 4.90 Å². The molecule has 26 heavy (non-hydrogen) atoms. The van der Waals surface area contributed by atoms with Gasteiger partial charge in [0.1, 0.15) is 10.7 Å². The number of carbonyl (C=O) groups is 1. The molecule has 5 nitrogen and oxygen atoms in total. The number of nitrogens with zero attached hydrogens (tertiary/aromatic N) is 2. The average Bonchev–Trinajstić information content (AvgIpc) is 3.20. The maximum atomic E-state index is 12.6. The van der Waals surface area contributed by atoms with Crippen molar-refractivity contribution in [3.63, 3.8) is 0 Å². The summed E-state index contributed by atoms with van der Waals surface area (Å²) in [5.41, 5.74) is 1.79. The van der Waals surface area contributed by atoms with Gasteiger partial charge in [-0.2, -0.15) is 0 Å². The number of benzene rings is 1. The number of thiophene rings is 1. The van der Waals surface area contributed by atoms with Crippen LogP contribution in [-0.2, 0) is 4.79 Å². The Morgan fingerprint density at radius 2 is 2.00 bits per heavy atom. The van der Waals surface area contributed by atoms with Crippen molar-refractivity contribution >= 4 is 49.1 Å². The van der Waals surface area contributed by atoms with Gasteiger partial charge in [-0.05, 0) is 41.1 Å². The van der Waals surface area contributed by atoms with Crippen LogP contribution in [0.5, 0.6) is 0 Å². The van der Waals surface area contributed by atoms with Crippen molar-refractivity contribution in [2.75, 3.05) is 11.4 Å².